The summed E-state index contributed by atoms with van der Waals surface area (Å²) in [6.07, 6.45) is 1.14. The molecule has 0 N–H and O–H groups in total. The number of nitrogens with zero attached hydrogens (tertiary/aromatic N) is 3. The molecule has 7 heteroatoms. The molecule has 168 valence electrons. The highest BCUT2D eigenvalue weighted by Gasteiger charge is 2.32. The number of sulfone groups is 1. The summed E-state index contributed by atoms with van der Waals surface area (Å²) in [5.74, 6) is 0.694. The minimum atomic E-state index is -3.38. The van der Waals surface area contributed by atoms with Crippen LogP contribution in [0.15, 0.2) is 59.5 Å². The Balaban J connectivity index is 1.44. The topological polar surface area (TPSA) is 72.4 Å². The molecule has 2 aromatic carbocycles. The molecular weight excluding hydrogens is 422 g/mol. The maximum Gasteiger partial charge on any atom is 0.225 e. The third-order valence-electron chi connectivity index (χ3n) is 5.92. The van der Waals surface area contributed by atoms with Gasteiger partial charge in [-0.05, 0) is 61.6 Å². The molecular formula is C25H29N3O3S. The van der Waals surface area contributed by atoms with Gasteiger partial charge in [-0.3, -0.25) is 0 Å². The zero-order chi connectivity index (χ0) is 22.7. The Labute approximate surface area is 190 Å². The van der Waals surface area contributed by atoms with E-state index in [1.807, 2.05) is 56.3 Å². The van der Waals surface area contributed by atoms with E-state index in [0.717, 1.165) is 28.1 Å². The summed E-state index contributed by atoms with van der Waals surface area (Å²) in [5, 5.41) is -0.385. The lowest BCUT2D eigenvalue weighted by molar-refractivity contribution is 0.185. The van der Waals surface area contributed by atoms with E-state index in [1.165, 1.54) is 0 Å². The first kappa shape index (κ1) is 22.4. The molecule has 1 aromatic heterocycles. The van der Waals surface area contributed by atoms with E-state index in [4.69, 9.17) is 4.74 Å². The molecule has 1 saturated heterocycles. The van der Waals surface area contributed by atoms with Crippen LogP contribution in [0, 0.1) is 13.8 Å². The molecule has 1 aliphatic heterocycles. The molecule has 3 aromatic rings. The summed E-state index contributed by atoms with van der Waals surface area (Å²) in [5.41, 5.74) is 5.00. The summed E-state index contributed by atoms with van der Waals surface area (Å²) in [6.45, 7) is 5.75. The first-order valence-corrected chi connectivity index (χ1v) is 12.4. The number of hydrogen-bond acceptors (Lipinski definition) is 6. The van der Waals surface area contributed by atoms with Crippen molar-refractivity contribution in [2.75, 3.05) is 25.1 Å². The van der Waals surface area contributed by atoms with Gasteiger partial charge in [0.25, 0.3) is 0 Å². The lowest BCUT2D eigenvalue weighted by Gasteiger charge is -2.32. The summed E-state index contributed by atoms with van der Waals surface area (Å²) < 4.78 is 31.6. The van der Waals surface area contributed by atoms with E-state index in [9.17, 15) is 8.42 Å². The van der Waals surface area contributed by atoms with E-state index >= 15 is 0 Å². The SMILES string of the molecule is COCc1ccc(-c2ccc(S(=O)(=O)C3CCN(c4nc(C)cc(C)n4)CC3)cc2)cc1. The molecule has 0 atom stereocenters. The minimum Gasteiger partial charge on any atom is -0.380 e. The number of ether oxygens (including phenoxy) is 1. The number of rotatable bonds is 6. The minimum absolute atomic E-state index is 0.385. The van der Waals surface area contributed by atoms with Crippen LogP contribution in [0.5, 0.6) is 0 Å². The van der Waals surface area contributed by atoms with E-state index in [-0.39, 0.29) is 5.25 Å². The molecule has 0 amide bonds. The van der Waals surface area contributed by atoms with Crippen LogP contribution in [0.4, 0.5) is 5.95 Å². The van der Waals surface area contributed by atoms with Gasteiger partial charge in [-0.15, -0.1) is 0 Å². The molecule has 0 bridgehead atoms. The number of hydrogen-bond donors (Lipinski definition) is 0. The Kier molecular flexibility index (Phi) is 6.58. The van der Waals surface area contributed by atoms with Crippen molar-refractivity contribution in [3.63, 3.8) is 0 Å². The van der Waals surface area contributed by atoms with Crippen LogP contribution in [0.25, 0.3) is 11.1 Å². The third-order valence-corrected chi connectivity index (χ3v) is 8.19. The number of aryl methyl sites for hydroxylation is 2. The number of aromatic nitrogens is 2. The Morgan fingerprint density at radius 3 is 1.97 bits per heavy atom. The number of piperidine rings is 1. The summed E-state index contributed by atoms with van der Waals surface area (Å²) in [7, 11) is -1.71. The van der Waals surface area contributed by atoms with E-state index in [2.05, 4.69) is 14.9 Å². The quantitative estimate of drug-likeness (QED) is 0.555. The molecule has 4 rings (SSSR count). The number of methoxy groups -OCH3 is 1. The van der Waals surface area contributed by atoms with Gasteiger partial charge in [0.05, 0.1) is 16.8 Å². The van der Waals surface area contributed by atoms with Crippen molar-refractivity contribution < 1.29 is 13.2 Å². The molecule has 0 saturated carbocycles. The summed E-state index contributed by atoms with van der Waals surface area (Å²) in [6, 6.07) is 17.3. The van der Waals surface area contributed by atoms with Gasteiger partial charge in [0.1, 0.15) is 0 Å². The van der Waals surface area contributed by atoms with Crippen LogP contribution in [0.3, 0.4) is 0 Å². The maximum absolute atomic E-state index is 13.2. The van der Waals surface area contributed by atoms with Crippen molar-refractivity contribution in [3.8, 4) is 11.1 Å². The Bertz CT molecular complexity index is 1150. The van der Waals surface area contributed by atoms with Crippen LogP contribution in [0.1, 0.15) is 29.8 Å². The fourth-order valence-electron chi connectivity index (χ4n) is 4.20. The fraction of sp³-hybridized carbons (Fsp3) is 0.360. The van der Waals surface area contributed by atoms with Crippen molar-refractivity contribution in [3.05, 3.63) is 71.5 Å². The molecule has 0 radical (unpaired) electrons. The standard InChI is InChI=1S/C25H29N3O3S/c1-18-16-19(2)27-25(26-18)28-14-12-24(13-15-28)32(29,30)23-10-8-22(9-11-23)21-6-4-20(5-7-21)17-31-3/h4-11,16,24H,12-15,17H2,1-3H3. The summed E-state index contributed by atoms with van der Waals surface area (Å²) >= 11 is 0. The lowest BCUT2D eigenvalue weighted by atomic mass is 10.0. The molecule has 6 nitrogen and oxygen atoms in total. The Morgan fingerprint density at radius 1 is 0.906 bits per heavy atom. The average molecular weight is 452 g/mol. The molecule has 0 aliphatic carbocycles. The number of benzene rings is 2. The average Bonchev–Trinajstić information content (AvgIpc) is 2.79. The van der Waals surface area contributed by atoms with Crippen LogP contribution in [-0.2, 0) is 21.2 Å². The number of anilines is 1. The van der Waals surface area contributed by atoms with Crippen molar-refractivity contribution >= 4 is 15.8 Å². The van der Waals surface area contributed by atoms with Crippen LogP contribution >= 0.6 is 0 Å². The van der Waals surface area contributed by atoms with E-state index in [0.29, 0.717) is 43.4 Å². The van der Waals surface area contributed by atoms with Crippen molar-refractivity contribution in [1.29, 1.82) is 0 Å². The second-order valence-corrected chi connectivity index (χ2v) is 10.6. The third kappa shape index (κ3) is 4.84. The van der Waals surface area contributed by atoms with Crippen molar-refractivity contribution in [2.24, 2.45) is 0 Å². The second-order valence-electron chi connectivity index (χ2n) is 8.34. The predicted molar refractivity (Wildman–Crippen MR) is 127 cm³/mol. The van der Waals surface area contributed by atoms with Gasteiger partial charge in [-0.25, -0.2) is 18.4 Å². The Hall–Kier alpha value is -2.77. The van der Waals surface area contributed by atoms with Gasteiger partial charge in [-0.1, -0.05) is 36.4 Å². The molecule has 0 spiro atoms. The first-order chi connectivity index (χ1) is 15.4. The van der Waals surface area contributed by atoms with E-state index in [1.54, 1.807) is 19.2 Å². The van der Waals surface area contributed by atoms with Gasteiger partial charge in [-0.2, -0.15) is 0 Å². The normalized spacial score (nSPS) is 15.2. The van der Waals surface area contributed by atoms with Crippen LogP contribution in [0.2, 0.25) is 0 Å². The summed E-state index contributed by atoms with van der Waals surface area (Å²) in [4.78, 5) is 11.5. The molecule has 0 unspecified atom stereocenters. The zero-order valence-corrected chi connectivity index (χ0v) is 19.6. The van der Waals surface area contributed by atoms with Gasteiger partial charge in [0.2, 0.25) is 5.95 Å². The van der Waals surface area contributed by atoms with Gasteiger partial charge in [0, 0.05) is 31.6 Å². The largest absolute Gasteiger partial charge is 0.380 e. The molecule has 1 aliphatic rings. The van der Waals surface area contributed by atoms with Crippen molar-refractivity contribution in [2.45, 2.75) is 43.4 Å². The van der Waals surface area contributed by atoms with Crippen LogP contribution in [-0.4, -0.2) is 43.8 Å². The van der Waals surface area contributed by atoms with Crippen molar-refractivity contribution in [1.82, 2.24) is 9.97 Å². The van der Waals surface area contributed by atoms with Gasteiger partial charge in [0.15, 0.2) is 9.84 Å². The zero-order valence-electron chi connectivity index (χ0n) is 18.8. The maximum atomic E-state index is 13.2. The first-order valence-electron chi connectivity index (χ1n) is 10.9. The highest BCUT2D eigenvalue weighted by Crippen LogP contribution is 2.28. The van der Waals surface area contributed by atoms with Crippen LogP contribution < -0.4 is 4.90 Å². The Morgan fingerprint density at radius 2 is 1.44 bits per heavy atom. The molecule has 32 heavy (non-hydrogen) atoms. The molecule has 2 heterocycles. The van der Waals surface area contributed by atoms with Gasteiger partial charge >= 0.3 is 0 Å². The van der Waals surface area contributed by atoms with Gasteiger partial charge < -0.3 is 9.64 Å². The smallest absolute Gasteiger partial charge is 0.225 e. The second kappa shape index (κ2) is 9.38. The van der Waals surface area contributed by atoms with E-state index < -0.39 is 9.84 Å². The predicted octanol–water partition coefficient (Wildman–Crippen LogP) is 4.35. The fourth-order valence-corrected chi connectivity index (χ4v) is 5.94. The molecule has 1 fully saturated rings. The highest BCUT2D eigenvalue weighted by molar-refractivity contribution is 7.92. The highest BCUT2D eigenvalue weighted by atomic mass is 32.2. The lowest BCUT2D eigenvalue weighted by Crippen LogP contribution is -2.40. The monoisotopic (exact) mass is 451 g/mol.